The fourth-order valence-electron chi connectivity index (χ4n) is 2.03. The zero-order chi connectivity index (χ0) is 13.3. The standard InChI is InChI=1S/C10H18N2O5S/c1-4(14)8-7(16)6(15)5-9(17-8)18-10(12-5)11-2-3-13/h4-9,13-16H,2-3H2,1H3,(H,11,12)/t4-,5-,6-,7+,8-,9-/m1/s1. The fourth-order valence-corrected chi connectivity index (χ4v) is 3.17. The lowest BCUT2D eigenvalue weighted by atomic mass is 9.95. The van der Waals surface area contributed by atoms with Crippen LogP contribution < -0.4 is 5.32 Å². The van der Waals surface area contributed by atoms with E-state index in [0.717, 1.165) is 0 Å². The van der Waals surface area contributed by atoms with Gasteiger partial charge in [-0.2, -0.15) is 0 Å². The molecule has 1 fully saturated rings. The van der Waals surface area contributed by atoms with Crippen molar-refractivity contribution in [2.24, 2.45) is 4.99 Å². The topological polar surface area (TPSA) is 115 Å². The third-order valence-corrected chi connectivity index (χ3v) is 4.06. The summed E-state index contributed by atoms with van der Waals surface area (Å²) in [7, 11) is 0. The van der Waals surface area contributed by atoms with Crippen LogP contribution in [0.2, 0.25) is 0 Å². The van der Waals surface area contributed by atoms with E-state index in [1.807, 2.05) is 0 Å². The molecule has 6 atom stereocenters. The first-order valence-electron chi connectivity index (χ1n) is 5.83. The van der Waals surface area contributed by atoms with Crippen molar-refractivity contribution < 1.29 is 25.2 Å². The summed E-state index contributed by atoms with van der Waals surface area (Å²) in [6, 6.07) is -0.554. The van der Waals surface area contributed by atoms with Gasteiger partial charge in [-0.3, -0.25) is 4.99 Å². The molecule has 18 heavy (non-hydrogen) atoms. The van der Waals surface area contributed by atoms with Crippen molar-refractivity contribution in [1.82, 2.24) is 5.32 Å². The van der Waals surface area contributed by atoms with E-state index in [0.29, 0.717) is 11.7 Å². The van der Waals surface area contributed by atoms with E-state index < -0.39 is 35.9 Å². The molecular weight excluding hydrogens is 260 g/mol. The average molecular weight is 278 g/mol. The molecule has 0 spiro atoms. The Morgan fingerprint density at radius 2 is 2.17 bits per heavy atom. The van der Waals surface area contributed by atoms with Crippen LogP contribution in [0.1, 0.15) is 6.92 Å². The first kappa shape index (κ1) is 14.0. The number of rotatable bonds is 3. The molecule has 1 saturated heterocycles. The van der Waals surface area contributed by atoms with E-state index in [9.17, 15) is 15.3 Å². The van der Waals surface area contributed by atoms with Crippen molar-refractivity contribution in [2.75, 3.05) is 13.2 Å². The maximum absolute atomic E-state index is 9.97. The summed E-state index contributed by atoms with van der Waals surface area (Å²) >= 11 is 1.28. The van der Waals surface area contributed by atoms with Gasteiger partial charge >= 0.3 is 0 Å². The van der Waals surface area contributed by atoms with Gasteiger partial charge in [0.2, 0.25) is 0 Å². The molecule has 2 rings (SSSR count). The summed E-state index contributed by atoms with van der Waals surface area (Å²) in [6.07, 6.45) is -3.91. The SMILES string of the molecule is C[C@@H](O)[C@H]1O[C@@H]2SC(NCCO)=N[C@@H]2[C@@H](O)[C@@H]1O. The maximum atomic E-state index is 9.97. The van der Waals surface area contributed by atoms with E-state index in [1.54, 1.807) is 0 Å². The summed E-state index contributed by atoms with van der Waals surface area (Å²) in [4.78, 5) is 4.21. The molecule has 0 aliphatic carbocycles. The number of nitrogens with one attached hydrogen (secondary N) is 1. The van der Waals surface area contributed by atoms with Crippen LogP contribution in [-0.4, -0.2) is 74.6 Å². The molecule has 0 bridgehead atoms. The lowest BCUT2D eigenvalue weighted by Gasteiger charge is -2.39. The van der Waals surface area contributed by atoms with Crippen molar-refractivity contribution in [2.45, 2.75) is 42.8 Å². The van der Waals surface area contributed by atoms with Crippen LogP contribution >= 0.6 is 11.8 Å². The highest BCUT2D eigenvalue weighted by Gasteiger charge is 2.49. The van der Waals surface area contributed by atoms with E-state index in [2.05, 4.69) is 10.3 Å². The van der Waals surface area contributed by atoms with Crippen LogP contribution in [0.5, 0.6) is 0 Å². The minimum Gasteiger partial charge on any atom is -0.395 e. The monoisotopic (exact) mass is 278 g/mol. The predicted octanol–water partition coefficient (Wildman–Crippen LogP) is -2.13. The zero-order valence-electron chi connectivity index (χ0n) is 9.93. The molecule has 2 aliphatic heterocycles. The minimum atomic E-state index is -1.16. The highest BCUT2D eigenvalue weighted by atomic mass is 32.2. The Morgan fingerprint density at radius 3 is 2.78 bits per heavy atom. The maximum Gasteiger partial charge on any atom is 0.159 e. The van der Waals surface area contributed by atoms with Gasteiger partial charge in [0.05, 0.1) is 12.7 Å². The average Bonchev–Trinajstić information content (AvgIpc) is 2.74. The Bertz CT molecular complexity index is 327. The van der Waals surface area contributed by atoms with Gasteiger partial charge in [-0.25, -0.2) is 0 Å². The molecule has 104 valence electrons. The summed E-state index contributed by atoms with van der Waals surface area (Å²) in [6.45, 7) is 1.85. The summed E-state index contributed by atoms with van der Waals surface area (Å²) in [5, 5.41) is 41.5. The van der Waals surface area contributed by atoms with Crippen molar-refractivity contribution in [1.29, 1.82) is 0 Å². The molecule has 0 aromatic heterocycles. The van der Waals surface area contributed by atoms with Crippen molar-refractivity contribution in [3.05, 3.63) is 0 Å². The molecule has 2 heterocycles. The Kier molecular flexibility index (Phi) is 4.46. The Hall–Kier alpha value is -0.380. The minimum absolute atomic E-state index is 0.0166. The largest absolute Gasteiger partial charge is 0.395 e. The van der Waals surface area contributed by atoms with Gasteiger partial charge in [-0.1, -0.05) is 11.8 Å². The van der Waals surface area contributed by atoms with E-state index in [1.165, 1.54) is 18.7 Å². The van der Waals surface area contributed by atoms with Crippen LogP contribution in [0.25, 0.3) is 0 Å². The number of nitrogens with zero attached hydrogens (tertiary/aromatic N) is 1. The van der Waals surface area contributed by atoms with E-state index >= 15 is 0 Å². The number of amidine groups is 1. The summed E-state index contributed by atoms with van der Waals surface area (Å²) < 4.78 is 5.55. The lowest BCUT2D eigenvalue weighted by molar-refractivity contribution is -0.181. The molecule has 0 aromatic carbocycles. The third-order valence-electron chi connectivity index (χ3n) is 2.96. The molecule has 0 unspecified atom stereocenters. The van der Waals surface area contributed by atoms with Crippen LogP contribution in [0.3, 0.4) is 0 Å². The number of thioether (sulfide) groups is 1. The van der Waals surface area contributed by atoms with Crippen molar-refractivity contribution >= 4 is 16.9 Å². The summed E-state index contributed by atoms with van der Waals surface area (Å²) in [5.74, 6) is 0. The Labute approximate surface area is 109 Å². The molecule has 0 amide bonds. The second kappa shape index (κ2) is 5.72. The number of hydrogen-bond donors (Lipinski definition) is 5. The van der Waals surface area contributed by atoms with Crippen molar-refractivity contribution in [3.8, 4) is 0 Å². The van der Waals surface area contributed by atoms with Crippen LogP contribution in [0.4, 0.5) is 0 Å². The molecule has 8 heteroatoms. The number of aliphatic hydroxyl groups is 4. The highest BCUT2D eigenvalue weighted by Crippen LogP contribution is 2.36. The van der Waals surface area contributed by atoms with Crippen LogP contribution in [-0.2, 0) is 4.74 Å². The van der Waals surface area contributed by atoms with E-state index in [4.69, 9.17) is 9.84 Å². The van der Waals surface area contributed by atoms with Crippen LogP contribution in [0.15, 0.2) is 4.99 Å². The molecule has 2 aliphatic rings. The number of fused-ring (bicyclic) bond motifs is 1. The van der Waals surface area contributed by atoms with Gasteiger partial charge in [0, 0.05) is 6.54 Å². The van der Waals surface area contributed by atoms with Gasteiger partial charge in [0.25, 0.3) is 0 Å². The smallest absolute Gasteiger partial charge is 0.159 e. The van der Waals surface area contributed by atoms with Gasteiger partial charge in [0.15, 0.2) is 5.17 Å². The third kappa shape index (κ3) is 2.63. The zero-order valence-corrected chi connectivity index (χ0v) is 10.7. The number of aliphatic imine (C=N–C) groups is 1. The highest BCUT2D eigenvalue weighted by molar-refractivity contribution is 8.14. The normalized spacial score (nSPS) is 41.2. The molecule has 0 radical (unpaired) electrons. The predicted molar refractivity (Wildman–Crippen MR) is 66.3 cm³/mol. The first-order chi connectivity index (χ1) is 8.54. The quantitative estimate of drug-likeness (QED) is 0.400. The second-order valence-corrected chi connectivity index (χ2v) is 5.47. The van der Waals surface area contributed by atoms with Gasteiger partial charge < -0.3 is 30.5 Å². The van der Waals surface area contributed by atoms with Gasteiger partial charge in [-0.05, 0) is 6.92 Å². The Morgan fingerprint density at radius 1 is 1.44 bits per heavy atom. The molecule has 0 aromatic rings. The fraction of sp³-hybridized carbons (Fsp3) is 0.900. The number of ether oxygens (including phenoxy) is 1. The molecular formula is C10H18N2O5S. The molecule has 7 nitrogen and oxygen atoms in total. The van der Waals surface area contributed by atoms with Crippen LogP contribution in [0, 0.1) is 0 Å². The summed E-state index contributed by atoms with van der Waals surface area (Å²) in [5.41, 5.74) is -0.427. The van der Waals surface area contributed by atoms with Gasteiger partial charge in [-0.15, -0.1) is 0 Å². The first-order valence-corrected chi connectivity index (χ1v) is 6.71. The number of aliphatic hydroxyl groups excluding tert-OH is 4. The van der Waals surface area contributed by atoms with Crippen molar-refractivity contribution in [3.63, 3.8) is 0 Å². The molecule has 5 N–H and O–H groups in total. The number of hydrogen-bond acceptors (Lipinski definition) is 8. The van der Waals surface area contributed by atoms with E-state index in [-0.39, 0.29) is 6.61 Å². The molecule has 0 saturated carbocycles. The second-order valence-electron chi connectivity index (χ2n) is 4.38. The van der Waals surface area contributed by atoms with Gasteiger partial charge in [0.1, 0.15) is 29.8 Å². The lowest BCUT2D eigenvalue weighted by Crippen LogP contribution is -2.57. The Balaban J connectivity index is 2.04.